The molecule has 1 rings (SSSR count). The van der Waals surface area contributed by atoms with Crippen LogP contribution in [-0.2, 0) is 11.2 Å². The zero-order valence-electron chi connectivity index (χ0n) is 13.4. The summed E-state index contributed by atoms with van der Waals surface area (Å²) in [6.07, 6.45) is 0.954. The topological polar surface area (TPSA) is 45.7 Å². The Morgan fingerprint density at radius 3 is 2.71 bits per heavy atom. The summed E-state index contributed by atoms with van der Waals surface area (Å²) in [7, 11) is 3.46. The highest BCUT2D eigenvalue weighted by atomic mass is 35.5. The van der Waals surface area contributed by atoms with Crippen molar-refractivity contribution in [1.82, 2.24) is 10.6 Å². The van der Waals surface area contributed by atoms with Crippen LogP contribution in [-0.4, -0.2) is 39.8 Å². The number of nitrogens with zero attached hydrogens (tertiary/aromatic N) is 1. The van der Waals surface area contributed by atoms with Crippen molar-refractivity contribution in [3.05, 3.63) is 34.9 Å². The summed E-state index contributed by atoms with van der Waals surface area (Å²) in [6, 6.07) is 8.03. The van der Waals surface area contributed by atoms with Gasteiger partial charge in [-0.2, -0.15) is 0 Å². The molecule has 0 unspecified atom stereocenters. The molecule has 1 aromatic rings. The van der Waals surface area contributed by atoms with Gasteiger partial charge in [-0.05, 0) is 29.5 Å². The average Bonchev–Trinajstić information content (AvgIpc) is 2.42. The number of nitrogens with one attached hydrogen (secondary N) is 2. The summed E-state index contributed by atoms with van der Waals surface area (Å²) >= 11 is 6.04. The average molecular weight is 312 g/mol. The van der Waals surface area contributed by atoms with Crippen LogP contribution in [0.15, 0.2) is 29.3 Å². The van der Waals surface area contributed by atoms with Gasteiger partial charge in [-0.3, -0.25) is 4.99 Å². The molecule has 1 aromatic carbocycles. The van der Waals surface area contributed by atoms with Crippen LogP contribution in [0.1, 0.15) is 19.4 Å². The SMILES string of the molecule is CN=C(NCCOC)NCC(C)(C)Cc1cccc(Cl)c1. The van der Waals surface area contributed by atoms with Gasteiger partial charge in [0.15, 0.2) is 5.96 Å². The molecular weight excluding hydrogens is 286 g/mol. The first-order chi connectivity index (χ1) is 9.96. The third kappa shape index (κ3) is 7.34. The molecule has 118 valence electrons. The second-order valence-corrected chi connectivity index (χ2v) is 6.25. The molecule has 0 radical (unpaired) electrons. The van der Waals surface area contributed by atoms with Crippen LogP contribution in [0.2, 0.25) is 5.02 Å². The maximum absolute atomic E-state index is 6.04. The van der Waals surface area contributed by atoms with E-state index in [1.165, 1.54) is 5.56 Å². The van der Waals surface area contributed by atoms with Gasteiger partial charge < -0.3 is 15.4 Å². The summed E-state index contributed by atoms with van der Waals surface area (Å²) in [4.78, 5) is 4.20. The molecule has 0 aliphatic carbocycles. The normalized spacial score (nSPS) is 12.3. The highest BCUT2D eigenvalue weighted by Crippen LogP contribution is 2.22. The van der Waals surface area contributed by atoms with Gasteiger partial charge in [0.2, 0.25) is 0 Å². The molecule has 0 spiro atoms. The lowest BCUT2D eigenvalue weighted by atomic mass is 9.86. The Labute approximate surface area is 132 Å². The van der Waals surface area contributed by atoms with Crippen molar-refractivity contribution < 1.29 is 4.74 Å². The van der Waals surface area contributed by atoms with E-state index in [9.17, 15) is 0 Å². The van der Waals surface area contributed by atoms with Crippen molar-refractivity contribution in [3.8, 4) is 0 Å². The minimum Gasteiger partial charge on any atom is -0.383 e. The Bertz CT molecular complexity index is 461. The van der Waals surface area contributed by atoms with Gasteiger partial charge in [0.1, 0.15) is 0 Å². The third-order valence-electron chi connectivity index (χ3n) is 3.13. The number of guanidine groups is 1. The van der Waals surface area contributed by atoms with Crippen molar-refractivity contribution >= 4 is 17.6 Å². The molecule has 4 nitrogen and oxygen atoms in total. The number of hydrogen-bond donors (Lipinski definition) is 2. The molecule has 0 aliphatic heterocycles. The quantitative estimate of drug-likeness (QED) is 0.462. The first kappa shape index (κ1) is 17.8. The molecular formula is C16H26ClN3O. The first-order valence-corrected chi connectivity index (χ1v) is 7.52. The maximum atomic E-state index is 6.04. The Morgan fingerprint density at radius 2 is 2.10 bits per heavy atom. The van der Waals surface area contributed by atoms with Crippen LogP contribution in [0.3, 0.4) is 0 Å². The second-order valence-electron chi connectivity index (χ2n) is 5.82. The molecule has 5 heteroatoms. The predicted molar refractivity (Wildman–Crippen MR) is 90.2 cm³/mol. The number of halogens is 1. The van der Waals surface area contributed by atoms with Crippen molar-refractivity contribution in [3.63, 3.8) is 0 Å². The zero-order chi connectivity index (χ0) is 15.7. The zero-order valence-corrected chi connectivity index (χ0v) is 14.1. The maximum Gasteiger partial charge on any atom is 0.191 e. The van der Waals surface area contributed by atoms with Crippen molar-refractivity contribution in [2.45, 2.75) is 20.3 Å². The van der Waals surface area contributed by atoms with Crippen molar-refractivity contribution in [1.29, 1.82) is 0 Å². The number of ether oxygens (including phenoxy) is 1. The van der Waals surface area contributed by atoms with Gasteiger partial charge in [0.05, 0.1) is 6.61 Å². The Balaban J connectivity index is 2.47. The Morgan fingerprint density at radius 1 is 1.33 bits per heavy atom. The molecule has 0 aliphatic rings. The highest BCUT2D eigenvalue weighted by molar-refractivity contribution is 6.30. The fraction of sp³-hybridized carbons (Fsp3) is 0.562. The molecule has 2 N–H and O–H groups in total. The van der Waals surface area contributed by atoms with E-state index in [-0.39, 0.29) is 5.41 Å². The van der Waals surface area contributed by atoms with E-state index in [2.05, 4.69) is 35.5 Å². The second kappa shape index (κ2) is 8.90. The van der Waals surface area contributed by atoms with E-state index in [4.69, 9.17) is 16.3 Å². The molecule has 0 fully saturated rings. The number of hydrogen-bond acceptors (Lipinski definition) is 2. The van der Waals surface area contributed by atoms with Crippen LogP contribution in [0.4, 0.5) is 0 Å². The number of rotatable bonds is 7. The van der Waals surface area contributed by atoms with Crippen molar-refractivity contribution in [2.24, 2.45) is 10.4 Å². The van der Waals surface area contributed by atoms with E-state index in [0.29, 0.717) is 6.61 Å². The molecule has 0 saturated carbocycles. The lowest BCUT2D eigenvalue weighted by Gasteiger charge is -2.26. The van der Waals surface area contributed by atoms with Gasteiger partial charge >= 0.3 is 0 Å². The Hall–Kier alpha value is -1.26. The molecule has 0 amide bonds. The fourth-order valence-electron chi connectivity index (χ4n) is 2.08. The van der Waals surface area contributed by atoms with Crippen LogP contribution in [0, 0.1) is 5.41 Å². The molecule has 0 aromatic heterocycles. The first-order valence-electron chi connectivity index (χ1n) is 7.15. The minimum absolute atomic E-state index is 0.101. The fourth-order valence-corrected chi connectivity index (χ4v) is 2.29. The van der Waals surface area contributed by atoms with Crippen molar-refractivity contribution in [2.75, 3.05) is 33.9 Å². The van der Waals surface area contributed by atoms with Crippen LogP contribution >= 0.6 is 11.6 Å². The van der Waals surface area contributed by atoms with E-state index < -0.39 is 0 Å². The van der Waals surface area contributed by atoms with Gasteiger partial charge in [-0.15, -0.1) is 0 Å². The summed E-state index contributed by atoms with van der Waals surface area (Å²) in [5, 5.41) is 7.35. The van der Waals surface area contributed by atoms with Crippen LogP contribution in [0.25, 0.3) is 0 Å². The van der Waals surface area contributed by atoms with Crippen LogP contribution < -0.4 is 10.6 Å². The molecule has 0 bridgehead atoms. The largest absolute Gasteiger partial charge is 0.383 e. The van der Waals surface area contributed by atoms with E-state index in [0.717, 1.165) is 30.5 Å². The van der Waals surface area contributed by atoms with Gasteiger partial charge in [-0.1, -0.05) is 37.6 Å². The van der Waals surface area contributed by atoms with Gasteiger partial charge in [0.25, 0.3) is 0 Å². The molecule has 0 atom stereocenters. The minimum atomic E-state index is 0.101. The number of methoxy groups -OCH3 is 1. The van der Waals surface area contributed by atoms with E-state index in [1.54, 1.807) is 14.2 Å². The molecule has 21 heavy (non-hydrogen) atoms. The molecule has 0 heterocycles. The number of benzene rings is 1. The van der Waals surface area contributed by atoms with E-state index in [1.807, 2.05) is 18.2 Å². The monoisotopic (exact) mass is 311 g/mol. The smallest absolute Gasteiger partial charge is 0.191 e. The highest BCUT2D eigenvalue weighted by Gasteiger charge is 2.19. The standard InChI is InChI=1S/C16H26ClN3O/c1-16(2,11-13-6-5-7-14(17)10-13)12-20-15(18-3)19-8-9-21-4/h5-7,10H,8-9,11-12H2,1-4H3,(H2,18,19,20). The Kier molecular flexibility index (Phi) is 7.54. The summed E-state index contributed by atoms with van der Waals surface area (Å²) < 4.78 is 5.01. The van der Waals surface area contributed by atoms with Gasteiger partial charge in [0, 0.05) is 32.3 Å². The predicted octanol–water partition coefficient (Wildman–Crippen LogP) is 2.72. The molecule has 0 saturated heterocycles. The summed E-state index contributed by atoms with van der Waals surface area (Å²) in [5.41, 5.74) is 1.35. The third-order valence-corrected chi connectivity index (χ3v) is 3.36. The van der Waals surface area contributed by atoms with E-state index >= 15 is 0 Å². The lowest BCUT2D eigenvalue weighted by molar-refractivity contribution is 0.203. The summed E-state index contributed by atoms with van der Waals surface area (Å²) in [5.74, 6) is 0.797. The van der Waals surface area contributed by atoms with Crippen LogP contribution in [0.5, 0.6) is 0 Å². The summed E-state index contributed by atoms with van der Waals surface area (Å²) in [6.45, 7) is 6.68. The number of aliphatic imine (C=N–C) groups is 1. The van der Waals surface area contributed by atoms with Gasteiger partial charge in [-0.25, -0.2) is 0 Å². The lowest BCUT2D eigenvalue weighted by Crippen LogP contribution is -2.43.